The lowest BCUT2D eigenvalue weighted by Crippen LogP contribution is -2.50. The zero-order chi connectivity index (χ0) is 16.4. The Morgan fingerprint density at radius 3 is 2.82 bits per heavy atom. The predicted octanol–water partition coefficient (Wildman–Crippen LogP) is 1.56. The van der Waals surface area contributed by atoms with E-state index >= 15 is 0 Å². The molecule has 0 aromatic carbocycles. The van der Waals surface area contributed by atoms with Gasteiger partial charge in [-0.15, -0.1) is 5.10 Å². The van der Waals surface area contributed by atoms with Crippen molar-refractivity contribution in [2.24, 2.45) is 5.41 Å². The Hall–Kier alpha value is -1.64. The van der Waals surface area contributed by atoms with Crippen LogP contribution in [0.5, 0.6) is 0 Å². The average molecular weight is 319 g/mol. The van der Waals surface area contributed by atoms with Crippen molar-refractivity contribution < 1.29 is 18.0 Å². The molecule has 1 aliphatic rings. The van der Waals surface area contributed by atoms with E-state index in [4.69, 9.17) is 0 Å². The molecule has 0 unspecified atom stereocenters. The first-order chi connectivity index (χ1) is 10.2. The van der Waals surface area contributed by atoms with Gasteiger partial charge in [-0.1, -0.05) is 6.92 Å². The summed E-state index contributed by atoms with van der Waals surface area (Å²) >= 11 is 0. The number of nitrogens with zero attached hydrogens (tertiary/aromatic N) is 3. The molecule has 1 atom stereocenters. The number of aromatic nitrogens is 3. The number of likely N-dealkylation sites (tertiary alicyclic amines) is 1. The van der Waals surface area contributed by atoms with Gasteiger partial charge in [0.05, 0.1) is 12.0 Å². The van der Waals surface area contributed by atoms with Gasteiger partial charge in [0.2, 0.25) is 5.91 Å². The summed E-state index contributed by atoms with van der Waals surface area (Å²) in [4.78, 5) is 17.9. The molecule has 2 rings (SSSR count). The molecular formula is C13H20F3N5O. The number of alkyl halides is 3. The second kappa shape index (κ2) is 6.23. The third-order valence-corrected chi connectivity index (χ3v) is 3.97. The molecule has 1 aliphatic heterocycles. The molecule has 2 N–H and O–H groups in total. The largest absolute Gasteiger partial charge is 0.453 e. The van der Waals surface area contributed by atoms with Gasteiger partial charge < -0.3 is 10.2 Å². The summed E-state index contributed by atoms with van der Waals surface area (Å²) in [7, 11) is 0. The van der Waals surface area contributed by atoms with Crippen LogP contribution in [-0.4, -0.2) is 45.6 Å². The van der Waals surface area contributed by atoms with Crippen LogP contribution in [0.25, 0.3) is 0 Å². The number of H-pyrrole nitrogens is 1. The van der Waals surface area contributed by atoms with Gasteiger partial charge in [0.1, 0.15) is 5.82 Å². The summed E-state index contributed by atoms with van der Waals surface area (Å²) in [6.45, 7) is 6.32. The lowest BCUT2D eigenvalue weighted by Gasteiger charge is -2.38. The standard InChI is InChI=1S/C13H20F3N5O/c1-3-21-6-4-5-12(2,8-21)11(22)17-7-9-18-10(20-19-9)13(14,15)16/h3-8H2,1-2H3,(H,17,22)(H,18,19,20)/t12-/m1/s1. The predicted molar refractivity (Wildman–Crippen MR) is 72.7 cm³/mol. The fraction of sp³-hybridized carbons (Fsp3) is 0.769. The number of carbonyl (C=O) groups is 1. The molecule has 6 nitrogen and oxygen atoms in total. The summed E-state index contributed by atoms with van der Waals surface area (Å²) in [6, 6.07) is 0. The molecule has 22 heavy (non-hydrogen) atoms. The van der Waals surface area contributed by atoms with Crippen molar-refractivity contribution >= 4 is 5.91 Å². The fourth-order valence-electron chi connectivity index (χ4n) is 2.68. The van der Waals surface area contributed by atoms with Crippen molar-refractivity contribution in [2.75, 3.05) is 19.6 Å². The molecule has 2 heterocycles. The maximum absolute atomic E-state index is 12.4. The second-order valence-corrected chi connectivity index (χ2v) is 5.82. The molecule has 1 aromatic heterocycles. The van der Waals surface area contributed by atoms with E-state index in [9.17, 15) is 18.0 Å². The molecule has 1 saturated heterocycles. The summed E-state index contributed by atoms with van der Waals surface area (Å²) in [5, 5.41) is 7.95. The fourth-order valence-corrected chi connectivity index (χ4v) is 2.68. The number of hydrogen-bond acceptors (Lipinski definition) is 4. The monoisotopic (exact) mass is 319 g/mol. The number of amides is 1. The van der Waals surface area contributed by atoms with Crippen LogP contribution in [0.2, 0.25) is 0 Å². The number of rotatable bonds is 4. The molecule has 9 heteroatoms. The Morgan fingerprint density at radius 1 is 1.50 bits per heavy atom. The van der Waals surface area contributed by atoms with Crippen LogP contribution >= 0.6 is 0 Å². The first-order valence-corrected chi connectivity index (χ1v) is 7.24. The minimum Gasteiger partial charge on any atom is -0.348 e. The quantitative estimate of drug-likeness (QED) is 0.883. The number of hydrogen-bond donors (Lipinski definition) is 2. The van der Waals surface area contributed by atoms with Crippen LogP contribution in [-0.2, 0) is 17.5 Å². The maximum Gasteiger partial charge on any atom is 0.453 e. The zero-order valence-corrected chi connectivity index (χ0v) is 12.6. The van der Waals surface area contributed by atoms with Gasteiger partial charge >= 0.3 is 6.18 Å². The number of aromatic amines is 1. The van der Waals surface area contributed by atoms with Gasteiger partial charge in [-0.2, -0.15) is 13.2 Å². The minimum atomic E-state index is -4.59. The van der Waals surface area contributed by atoms with Gasteiger partial charge in [-0.25, -0.2) is 4.98 Å². The van der Waals surface area contributed by atoms with Crippen LogP contribution in [0.3, 0.4) is 0 Å². The highest BCUT2D eigenvalue weighted by atomic mass is 19.4. The van der Waals surface area contributed by atoms with E-state index in [2.05, 4.69) is 25.4 Å². The van der Waals surface area contributed by atoms with E-state index in [-0.39, 0.29) is 18.3 Å². The molecule has 0 radical (unpaired) electrons. The Balaban J connectivity index is 1.93. The molecule has 0 aliphatic carbocycles. The molecule has 0 bridgehead atoms. The Kier molecular flexibility index (Phi) is 4.74. The Labute approximate surface area is 126 Å². The van der Waals surface area contributed by atoms with Crippen LogP contribution in [0.1, 0.15) is 38.3 Å². The molecule has 0 saturated carbocycles. The van der Waals surface area contributed by atoms with Crippen molar-refractivity contribution in [2.45, 2.75) is 39.4 Å². The highest BCUT2D eigenvalue weighted by molar-refractivity contribution is 5.82. The molecule has 1 aromatic rings. The Bertz CT molecular complexity index is 530. The van der Waals surface area contributed by atoms with Crippen molar-refractivity contribution in [3.05, 3.63) is 11.6 Å². The summed E-state index contributed by atoms with van der Waals surface area (Å²) in [5.41, 5.74) is -0.527. The first kappa shape index (κ1) is 16.7. The number of halogens is 3. The van der Waals surface area contributed by atoms with Gasteiger partial charge in [0.25, 0.3) is 5.82 Å². The lowest BCUT2D eigenvalue weighted by molar-refractivity contribution is -0.144. The third-order valence-electron chi connectivity index (χ3n) is 3.97. The van der Waals surface area contributed by atoms with Gasteiger partial charge in [-0.3, -0.25) is 9.89 Å². The second-order valence-electron chi connectivity index (χ2n) is 5.82. The van der Waals surface area contributed by atoms with Crippen LogP contribution in [0, 0.1) is 5.41 Å². The van der Waals surface area contributed by atoms with Gasteiger partial charge in [0.15, 0.2) is 0 Å². The zero-order valence-electron chi connectivity index (χ0n) is 12.6. The molecule has 0 spiro atoms. The van der Waals surface area contributed by atoms with Crippen molar-refractivity contribution in [3.63, 3.8) is 0 Å². The number of piperidine rings is 1. The average Bonchev–Trinajstić information content (AvgIpc) is 2.93. The van der Waals surface area contributed by atoms with Crippen LogP contribution in [0.15, 0.2) is 0 Å². The highest BCUT2D eigenvalue weighted by Crippen LogP contribution is 2.29. The van der Waals surface area contributed by atoms with Crippen molar-refractivity contribution in [3.8, 4) is 0 Å². The van der Waals surface area contributed by atoms with Gasteiger partial charge in [-0.05, 0) is 32.9 Å². The van der Waals surface area contributed by atoms with E-state index in [1.165, 1.54) is 0 Å². The van der Waals surface area contributed by atoms with E-state index in [0.29, 0.717) is 6.54 Å². The van der Waals surface area contributed by atoms with Crippen molar-refractivity contribution in [1.82, 2.24) is 25.4 Å². The Morgan fingerprint density at radius 2 is 2.23 bits per heavy atom. The lowest BCUT2D eigenvalue weighted by atomic mass is 9.81. The summed E-state index contributed by atoms with van der Waals surface area (Å²) in [6.07, 6.45) is -2.90. The van der Waals surface area contributed by atoms with E-state index in [1.54, 1.807) is 0 Å². The van der Waals surface area contributed by atoms with Crippen LogP contribution < -0.4 is 5.32 Å². The highest BCUT2D eigenvalue weighted by Gasteiger charge is 2.38. The molecule has 1 amide bonds. The SMILES string of the molecule is CCN1CCC[C@@](C)(C(=O)NCc2nc(C(F)(F)F)n[nH]2)C1. The van der Waals surface area contributed by atoms with Gasteiger partial charge in [0, 0.05) is 6.54 Å². The maximum atomic E-state index is 12.4. The topological polar surface area (TPSA) is 73.9 Å². The first-order valence-electron chi connectivity index (χ1n) is 7.24. The van der Waals surface area contributed by atoms with E-state index in [0.717, 1.165) is 25.9 Å². The van der Waals surface area contributed by atoms with E-state index in [1.807, 2.05) is 13.8 Å². The van der Waals surface area contributed by atoms with E-state index < -0.39 is 17.4 Å². The number of nitrogens with one attached hydrogen (secondary N) is 2. The summed E-state index contributed by atoms with van der Waals surface area (Å²) < 4.78 is 37.2. The normalized spacial score (nSPS) is 23.5. The molecule has 124 valence electrons. The summed E-state index contributed by atoms with van der Waals surface area (Å²) in [5.74, 6) is -1.40. The number of carbonyl (C=O) groups excluding carboxylic acids is 1. The van der Waals surface area contributed by atoms with Crippen molar-refractivity contribution in [1.29, 1.82) is 0 Å². The molecule has 1 fully saturated rings. The minimum absolute atomic E-state index is 0.00701. The molecular weight excluding hydrogens is 299 g/mol. The van der Waals surface area contributed by atoms with Crippen LogP contribution in [0.4, 0.5) is 13.2 Å². The third kappa shape index (κ3) is 3.76. The smallest absolute Gasteiger partial charge is 0.348 e.